The van der Waals surface area contributed by atoms with Gasteiger partial charge in [0.1, 0.15) is 5.82 Å². The molecule has 0 spiro atoms. The van der Waals surface area contributed by atoms with Crippen LogP contribution in [-0.4, -0.2) is 26.2 Å². The third kappa shape index (κ3) is 3.64. The van der Waals surface area contributed by atoms with Gasteiger partial charge in [-0.05, 0) is 18.2 Å². The number of hydrogen-bond donors (Lipinski definition) is 1. The number of fused-ring (bicyclic) bond motifs is 1. The summed E-state index contributed by atoms with van der Waals surface area (Å²) in [6.45, 7) is 0.560. The van der Waals surface area contributed by atoms with E-state index in [1.54, 1.807) is 23.1 Å². The van der Waals surface area contributed by atoms with Crippen LogP contribution in [0.15, 0.2) is 58.3 Å². The standard InChI is InChI=1S/C19H16ClN3OS2/c20-14-6-7-15-17(10-14)23(8-9-24)18(21-15)12-26-19-22-16(11-25-19)13-4-2-1-3-5-13/h1-7,10-11,24H,8-9,12H2. The molecule has 1 N–H and O–H groups in total. The Morgan fingerprint density at radius 1 is 1.12 bits per heavy atom. The number of hydrogen-bond acceptors (Lipinski definition) is 5. The molecule has 0 fully saturated rings. The van der Waals surface area contributed by atoms with Gasteiger partial charge in [-0.15, -0.1) is 11.3 Å². The Morgan fingerprint density at radius 3 is 2.77 bits per heavy atom. The molecule has 0 atom stereocenters. The molecule has 0 unspecified atom stereocenters. The van der Waals surface area contributed by atoms with Crippen molar-refractivity contribution in [3.8, 4) is 11.3 Å². The van der Waals surface area contributed by atoms with Crippen molar-refractivity contribution in [1.29, 1.82) is 0 Å². The lowest BCUT2D eigenvalue weighted by atomic mass is 10.2. The molecular weight excluding hydrogens is 386 g/mol. The minimum absolute atomic E-state index is 0.0606. The molecule has 7 heteroatoms. The fourth-order valence-electron chi connectivity index (χ4n) is 2.80. The molecule has 0 amide bonds. The van der Waals surface area contributed by atoms with Crippen LogP contribution in [0.3, 0.4) is 0 Å². The van der Waals surface area contributed by atoms with Gasteiger partial charge in [-0.25, -0.2) is 9.97 Å². The summed E-state index contributed by atoms with van der Waals surface area (Å²) < 4.78 is 3.03. The lowest BCUT2D eigenvalue weighted by Gasteiger charge is -2.06. The first kappa shape index (κ1) is 17.5. The average molecular weight is 402 g/mol. The molecule has 4 nitrogen and oxygen atoms in total. The summed E-state index contributed by atoms with van der Waals surface area (Å²) >= 11 is 9.41. The van der Waals surface area contributed by atoms with Crippen molar-refractivity contribution in [2.75, 3.05) is 6.61 Å². The van der Waals surface area contributed by atoms with E-state index in [2.05, 4.69) is 17.5 Å². The van der Waals surface area contributed by atoms with Gasteiger partial charge in [0, 0.05) is 22.5 Å². The molecule has 0 radical (unpaired) electrons. The van der Waals surface area contributed by atoms with Gasteiger partial charge in [0.05, 0.1) is 29.1 Å². The predicted octanol–water partition coefficient (Wildman–Crippen LogP) is 5.10. The number of thiazole rings is 1. The monoisotopic (exact) mass is 401 g/mol. The molecule has 26 heavy (non-hydrogen) atoms. The van der Waals surface area contributed by atoms with Crippen LogP contribution < -0.4 is 0 Å². The molecule has 0 aliphatic heterocycles. The molecule has 2 heterocycles. The largest absolute Gasteiger partial charge is 0.395 e. The number of imidazole rings is 1. The zero-order valence-electron chi connectivity index (χ0n) is 13.8. The SMILES string of the molecule is OCCn1c(CSc2nc(-c3ccccc3)cs2)nc2ccc(Cl)cc21. The molecule has 0 saturated carbocycles. The Morgan fingerprint density at radius 2 is 1.96 bits per heavy atom. The maximum atomic E-state index is 9.41. The molecule has 0 saturated heterocycles. The second-order valence-corrected chi connectivity index (χ2v) is 8.21. The quantitative estimate of drug-likeness (QED) is 0.457. The van der Waals surface area contributed by atoms with E-state index in [0.717, 1.165) is 32.5 Å². The molecular formula is C19H16ClN3OS2. The third-order valence-electron chi connectivity index (χ3n) is 3.99. The fraction of sp³-hybridized carbons (Fsp3) is 0.158. The number of nitrogens with zero attached hydrogens (tertiary/aromatic N) is 3. The Bertz CT molecular complexity index is 1030. The van der Waals surface area contributed by atoms with Gasteiger partial charge < -0.3 is 9.67 Å². The van der Waals surface area contributed by atoms with Crippen LogP contribution in [0.5, 0.6) is 0 Å². The first-order valence-corrected chi connectivity index (χ1v) is 10.4. The lowest BCUT2D eigenvalue weighted by molar-refractivity contribution is 0.276. The van der Waals surface area contributed by atoms with Crippen molar-refractivity contribution in [1.82, 2.24) is 14.5 Å². The number of aromatic nitrogens is 3. The minimum atomic E-state index is 0.0606. The first-order chi connectivity index (χ1) is 12.7. The molecule has 2 aromatic carbocycles. The minimum Gasteiger partial charge on any atom is -0.395 e. The van der Waals surface area contributed by atoms with Crippen molar-refractivity contribution < 1.29 is 5.11 Å². The van der Waals surface area contributed by atoms with Crippen molar-refractivity contribution in [3.63, 3.8) is 0 Å². The van der Waals surface area contributed by atoms with Crippen LogP contribution in [0.2, 0.25) is 5.02 Å². The smallest absolute Gasteiger partial charge is 0.150 e. The normalized spacial score (nSPS) is 11.3. The number of aliphatic hydroxyl groups is 1. The van der Waals surface area contributed by atoms with Crippen LogP contribution >= 0.6 is 34.7 Å². The summed E-state index contributed by atoms with van der Waals surface area (Å²) in [5.74, 6) is 1.60. The van der Waals surface area contributed by atoms with Crippen LogP contribution in [0, 0.1) is 0 Å². The third-order valence-corrected chi connectivity index (χ3v) is 6.24. The highest BCUT2D eigenvalue weighted by atomic mass is 35.5. The second-order valence-electron chi connectivity index (χ2n) is 5.69. The highest BCUT2D eigenvalue weighted by Gasteiger charge is 2.13. The van der Waals surface area contributed by atoms with Crippen LogP contribution in [0.25, 0.3) is 22.3 Å². The van der Waals surface area contributed by atoms with E-state index in [0.29, 0.717) is 17.3 Å². The van der Waals surface area contributed by atoms with Gasteiger partial charge in [-0.3, -0.25) is 0 Å². The Labute approximate surface area is 164 Å². The summed E-state index contributed by atoms with van der Waals surface area (Å²) in [5, 5.41) is 12.2. The van der Waals surface area contributed by atoms with Crippen molar-refractivity contribution >= 4 is 45.7 Å². The van der Waals surface area contributed by atoms with Crippen LogP contribution in [0.4, 0.5) is 0 Å². The highest BCUT2D eigenvalue weighted by molar-refractivity contribution is 8.00. The van der Waals surface area contributed by atoms with E-state index in [1.807, 2.05) is 41.0 Å². The molecule has 132 valence electrons. The summed E-state index contributed by atoms with van der Waals surface area (Å²) in [6.07, 6.45) is 0. The van der Waals surface area contributed by atoms with Gasteiger partial charge in [-0.1, -0.05) is 53.7 Å². The van der Waals surface area contributed by atoms with E-state index in [1.165, 1.54) is 0 Å². The average Bonchev–Trinajstić information content (AvgIpc) is 3.26. The van der Waals surface area contributed by atoms with Gasteiger partial charge >= 0.3 is 0 Å². The molecule has 0 aliphatic rings. The zero-order valence-corrected chi connectivity index (χ0v) is 16.2. The molecule has 2 aromatic heterocycles. The summed E-state index contributed by atoms with van der Waals surface area (Å²) in [5.41, 5.74) is 3.96. The number of thioether (sulfide) groups is 1. The topological polar surface area (TPSA) is 50.9 Å². The van der Waals surface area contributed by atoms with E-state index in [9.17, 15) is 5.11 Å². The van der Waals surface area contributed by atoms with E-state index in [-0.39, 0.29) is 6.61 Å². The maximum Gasteiger partial charge on any atom is 0.150 e. The number of benzene rings is 2. The van der Waals surface area contributed by atoms with Gasteiger partial charge in [0.15, 0.2) is 4.34 Å². The molecule has 0 aliphatic carbocycles. The molecule has 0 bridgehead atoms. The van der Waals surface area contributed by atoms with Crippen molar-refractivity contribution in [2.45, 2.75) is 16.6 Å². The highest BCUT2D eigenvalue weighted by Crippen LogP contribution is 2.31. The second kappa shape index (κ2) is 7.80. The number of rotatable bonds is 6. The number of halogens is 1. The summed E-state index contributed by atoms with van der Waals surface area (Å²) in [6, 6.07) is 15.8. The summed E-state index contributed by atoms with van der Waals surface area (Å²) in [4.78, 5) is 9.41. The zero-order chi connectivity index (χ0) is 17.9. The maximum absolute atomic E-state index is 9.41. The van der Waals surface area contributed by atoms with E-state index in [4.69, 9.17) is 21.6 Å². The van der Waals surface area contributed by atoms with Crippen molar-refractivity contribution in [2.24, 2.45) is 0 Å². The Kier molecular flexibility index (Phi) is 5.26. The van der Waals surface area contributed by atoms with Gasteiger partial charge in [-0.2, -0.15) is 0 Å². The lowest BCUT2D eigenvalue weighted by Crippen LogP contribution is -2.06. The van der Waals surface area contributed by atoms with Crippen molar-refractivity contribution in [3.05, 3.63) is 64.8 Å². The Hall–Kier alpha value is -1.86. The summed E-state index contributed by atoms with van der Waals surface area (Å²) in [7, 11) is 0. The van der Waals surface area contributed by atoms with Crippen LogP contribution in [-0.2, 0) is 12.3 Å². The molecule has 4 rings (SSSR count). The van der Waals surface area contributed by atoms with Gasteiger partial charge in [0.25, 0.3) is 0 Å². The predicted molar refractivity (Wildman–Crippen MR) is 109 cm³/mol. The van der Waals surface area contributed by atoms with E-state index < -0.39 is 0 Å². The first-order valence-electron chi connectivity index (χ1n) is 8.14. The Balaban J connectivity index is 1.56. The fourth-order valence-corrected chi connectivity index (χ4v) is 4.74. The van der Waals surface area contributed by atoms with Gasteiger partial charge in [0.2, 0.25) is 0 Å². The number of aliphatic hydroxyl groups excluding tert-OH is 1. The van der Waals surface area contributed by atoms with Crippen LogP contribution in [0.1, 0.15) is 5.82 Å². The van der Waals surface area contributed by atoms with E-state index >= 15 is 0 Å². The molecule has 4 aromatic rings.